The highest BCUT2D eigenvalue weighted by Gasteiger charge is 2.22. The first-order valence-electron chi connectivity index (χ1n) is 6.17. The lowest BCUT2D eigenvalue weighted by atomic mass is 10.0. The first-order chi connectivity index (χ1) is 8.13. The van der Waals surface area contributed by atoms with E-state index in [-0.39, 0.29) is 12.0 Å². The van der Waals surface area contributed by atoms with E-state index in [0.717, 1.165) is 12.8 Å². The van der Waals surface area contributed by atoms with Crippen LogP contribution in [-0.2, 0) is 4.74 Å². The molecule has 98 valence electrons. The van der Waals surface area contributed by atoms with E-state index >= 15 is 0 Å². The van der Waals surface area contributed by atoms with Crippen LogP contribution in [0, 0.1) is 0 Å². The van der Waals surface area contributed by atoms with Crippen LogP contribution in [-0.4, -0.2) is 30.3 Å². The summed E-state index contributed by atoms with van der Waals surface area (Å²) in [5, 5.41) is 7.19. The Kier molecular flexibility index (Phi) is 5.58. The fraction of sp³-hybridized carbons (Fsp3) is 0.833. The van der Waals surface area contributed by atoms with E-state index in [1.165, 1.54) is 0 Å². The Bertz CT molecular complexity index is 311. The van der Waals surface area contributed by atoms with Gasteiger partial charge < -0.3 is 14.6 Å². The van der Waals surface area contributed by atoms with E-state index in [1.807, 2.05) is 7.05 Å². The monoisotopic (exact) mass is 241 g/mol. The third-order valence-corrected chi connectivity index (χ3v) is 3.18. The van der Waals surface area contributed by atoms with E-state index in [9.17, 15) is 0 Å². The van der Waals surface area contributed by atoms with Gasteiger partial charge in [-0.2, -0.15) is 4.98 Å². The molecule has 0 aliphatic rings. The molecule has 5 heteroatoms. The number of aromatic nitrogens is 2. The lowest BCUT2D eigenvalue weighted by Gasteiger charge is -2.14. The summed E-state index contributed by atoms with van der Waals surface area (Å²) in [6.07, 6.45) is 1.88. The quantitative estimate of drug-likeness (QED) is 0.793. The van der Waals surface area contributed by atoms with Crippen molar-refractivity contribution in [2.75, 3.05) is 14.2 Å². The SMILES string of the molecule is CCCC(OC)c1noc(C(C)C(C)NC)n1. The Hall–Kier alpha value is -0.940. The standard InChI is InChI=1S/C12H23N3O2/c1-6-7-10(16-5)11-14-12(17-15-11)8(2)9(3)13-4/h8-10,13H,6-7H2,1-5H3. The van der Waals surface area contributed by atoms with Crippen LogP contribution in [0.5, 0.6) is 0 Å². The highest BCUT2D eigenvalue weighted by atomic mass is 16.5. The van der Waals surface area contributed by atoms with Crippen LogP contribution in [0.3, 0.4) is 0 Å². The minimum atomic E-state index is -0.0606. The van der Waals surface area contributed by atoms with Crippen LogP contribution in [0.2, 0.25) is 0 Å². The van der Waals surface area contributed by atoms with Gasteiger partial charge in [0.25, 0.3) is 0 Å². The third-order valence-electron chi connectivity index (χ3n) is 3.18. The summed E-state index contributed by atoms with van der Waals surface area (Å²) in [5.41, 5.74) is 0. The lowest BCUT2D eigenvalue weighted by molar-refractivity contribution is 0.0854. The molecule has 3 atom stereocenters. The molecule has 0 aliphatic heterocycles. The molecular weight excluding hydrogens is 218 g/mol. The number of methoxy groups -OCH3 is 1. The number of hydrogen-bond acceptors (Lipinski definition) is 5. The largest absolute Gasteiger partial charge is 0.373 e. The normalized spacial score (nSPS) is 16.8. The molecule has 3 unspecified atom stereocenters. The summed E-state index contributed by atoms with van der Waals surface area (Å²) < 4.78 is 10.7. The minimum Gasteiger partial charge on any atom is -0.373 e. The van der Waals surface area contributed by atoms with Crippen LogP contribution >= 0.6 is 0 Å². The number of nitrogens with zero attached hydrogens (tertiary/aromatic N) is 2. The number of ether oxygens (including phenoxy) is 1. The molecule has 17 heavy (non-hydrogen) atoms. The molecule has 1 aromatic heterocycles. The average Bonchev–Trinajstić information content (AvgIpc) is 2.83. The maximum atomic E-state index is 5.36. The van der Waals surface area contributed by atoms with E-state index in [2.05, 4.69) is 36.2 Å². The molecule has 0 saturated heterocycles. The van der Waals surface area contributed by atoms with Gasteiger partial charge in [0.15, 0.2) is 0 Å². The van der Waals surface area contributed by atoms with Crippen molar-refractivity contribution in [1.82, 2.24) is 15.5 Å². The zero-order valence-electron chi connectivity index (χ0n) is 11.4. The number of likely N-dealkylation sites (N-methyl/N-ethyl adjacent to an activating group) is 1. The predicted molar refractivity (Wildman–Crippen MR) is 65.9 cm³/mol. The predicted octanol–water partition coefficient (Wildman–Crippen LogP) is 2.27. The second kappa shape index (κ2) is 6.71. The highest BCUT2D eigenvalue weighted by molar-refractivity contribution is 4.98. The Balaban J connectivity index is 2.76. The molecule has 0 radical (unpaired) electrons. The van der Waals surface area contributed by atoms with Gasteiger partial charge in [-0.15, -0.1) is 0 Å². The molecule has 5 nitrogen and oxygen atoms in total. The molecule has 1 N–H and O–H groups in total. The van der Waals surface area contributed by atoms with Crippen molar-refractivity contribution in [2.45, 2.75) is 51.7 Å². The molecular formula is C12H23N3O2. The van der Waals surface area contributed by atoms with Crippen molar-refractivity contribution in [1.29, 1.82) is 0 Å². The van der Waals surface area contributed by atoms with Crippen molar-refractivity contribution in [3.63, 3.8) is 0 Å². The maximum Gasteiger partial charge on any atom is 0.231 e. The topological polar surface area (TPSA) is 60.2 Å². The molecule has 0 aliphatic carbocycles. The Morgan fingerprint density at radius 2 is 2.12 bits per heavy atom. The Labute approximate surface area is 103 Å². The summed E-state index contributed by atoms with van der Waals surface area (Å²) in [5.74, 6) is 1.51. The van der Waals surface area contributed by atoms with Gasteiger partial charge in [0.1, 0.15) is 6.10 Å². The highest BCUT2D eigenvalue weighted by Crippen LogP contribution is 2.22. The molecule has 0 amide bonds. The van der Waals surface area contributed by atoms with Crippen molar-refractivity contribution in [2.24, 2.45) is 0 Å². The molecule has 0 fully saturated rings. The Morgan fingerprint density at radius 1 is 1.41 bits per heavy atom. The van der Waals surface area contributed by atoms with E-state index in [0.29, 0.717) is 17.8 Å². The van der Waals surface area contributed by atoms with Gasteiger partial charge in [0.05, 0.1) is 5.92 Å². The Morgan fingerprint density at radius 3 is 2.65 bits per heavy atom. The van der Waals surface area contributed by atoms with Crippen molar-refractivity contribution in [3.8, 4) is 0 Å². The van der Waals surface area contributed by atoms with Gasteiger partial charge in [-0.1, -0.05) is 25.4 Å². The minimum absolute atomic E-state index is 0.0606. The molecule has 0 aromatic carbocycles. The van der Waals surface area contributed by atoms with Gasteiger partial charge in [0.2, 0.25) is 11.7 Å². The van der Waals surface area contributed by atoms with Crippen LogP contribution in [0.25, 0.3) is 0 Å². The van der Waals surface area contributed by atoms with Gasteiger partial charge in [-0.05, 0) is 20.4 Å². The van der Waals surface area contributed by atoms with Crippen molar-refractivity contribution >= 4 is 0 Å². The second-order valence-corrected chi connectivity index (χ2v) is 4.37. The van der Waals surface area contributed by atoms with Crippen LogP contribution < -0.4 is 5.32 Å². The van der Waals surface area contributed by atoms with Gasteiger partial charge in [0, 0.05) is 13.2 Å². The summed E-state index contributed by atoms with van der Waals surface area (Å²) in [4.78, 5) is 4.43. The molecule has 0 spiro atoms. The van der Waals surface area contributed by atoms with Gasteiger partial charge in [-0.25, -0.2) is 0 Å². The molecule has 1 aromatic rings. The molecule has 0 bridgehead atoms. The first kappa shape index (κ1) is 14.1. The fourth-order valence-electron chi connectivity index (χ4n) is 1.64. The molecule has 0 saturated carbocycles. The summed E-state index contributed by atoms with van der Waals surface area (Å²) in [6, 6.07) is 0.301. The number of nitrogens with one attached hydrogen (secondary N) is 1. The molecule has 1 rings (SSSR count). The van der Waals surface area contributed by atoms with Gasteiger partial charge >= 0.3 is 0 Å². The van der Waals surface area contributed by atoms with Crippen LogP contribution in [0.4, 0.5) is 0 Å². The molecule has 1 heterocycles. The van der Waals surface area contributed by atoms with E-state index in [1.54, 1.807) is 7.11 Å². The van der Waals surface area contributed by atoms with E-state index < -0.39 is 0 Å². The lowest BCUT2D eigenvalue weighted by Crippen LogP contribution is -2.27. The number of hydrogen-bond donors (Lipinski definition) is 1. The maximum absolute atomic E-state index is 5.36. The zero-order valence-corrected chi connectivity index (χ0v) is 11.4. The first-order valence-corrected chi connectivity index (χ1v) is 6.17. The van der Waals surface area contributed by atoms with E-state index in [4.69, 9.17) is 9.26 Å². The van der Waals surface area contributed by atoms with Crippen LogP contribution in [0.1, 0.15) is 57.3 Å². The van der Waals surface area contributed by atoms with Crippen LogP contribution in [0.15, 0.2) is 4.52 Å². The smallest absolute Gasteiger partial charge is 0.231 e. The second-order valence-electron chi connectivity index (χ2n) is 4.37. The third kappa shape index (κ3) is 3.51. The average molecular weight is 241 g/mol. The van der Waals surface area contributed by atoms with Crippen molar-refractivity contribution in [3.05, 3.63) is 11.7 Å². The van der Waals surface area contributed by atoms with Crippen molar-refractivity contribution < 1.29 is 9.26 Å². The summed E-state index contributed by atoms with van der Waals surface area (Å²) in [6.45, 7) is 6.27. The summed E-state index contributed by atoms with van der Waals surface area (Å²) in [7, 11) is 3.60. The zero-order chi connectivity index (χ0) is 12.8. The number of rotatable bonds is 7. The summed E-state index contributed by atoms with van der Waals surface area (Å²) >= 11 is 0. The fourth-order valence-corrected chi connectivity index (χ4v) is 1.64. The van der Waals surface area contributed by atoms with Gasteiger partial charge in [-0.3, -0.25) is 0 Å².